The summed E-state index contributed by atoms with van der Waals surface area (Å²) in [5, 5.41) is 1.80. The van der Waals surface area contributed by atoms with Crippen molar-refractivity contribution in [3.05, 3.63) is 70.1 Å². The van der Waals surface area contributed by atoms with Gasteiger partial charge in [-0.2, -0.15) is 0 Å². The maximum atomic E-state index is 12.8. The minimum absolute atomic E-state index is 0.0435. The third-order valence-electron chi connectivity index (χ3n) is 4.68. The number of fused-ring (bicyclic) bond motifs is 2. The van der Waals surface area contributed by atoms with Gasteiger partial charge in [-0.3, -0.25) is 4.31 Å². The Morgan fingerprint density at radius 3 is 2.48 bits per heavy atom. The van der Waals surface area contributed by atoms with Crippen molar-refractivity contribution in [1.82, 2.24) is 0 Å². The van der Waals surface area contributed by atoms with Crippen LogP contribution in [0.15, 0.2) is 53.9 Å². The third-order valence-corrected chi connectivity index (χ3v) is 6.44. The van der Waals surface area contributed by atoms with Crippen LogP contribution in [0.3, 0.4) is 0 Å². The summed E-state index contributed by atoms with van der Waals surface area (Å²) in [4.78, 5) is 0. The lowest BCUT2D eigenvalue weighted by Gasteiger charge is -2.17. The lowest BCUT2D eigenvalue weighted by Crippen LogP contribution is -2.29. The first kappa shape index (κ1) is 14.8. The molecule has 2 aliphatic rings. The van der Waals surface area contributed by atoms with Crippen molar-refractivity contribution in [2.24, 2.45) is 0 Å². The van der Waals surface area contributed by atoms with Crippen LogP contribution in [0.2, 0.25) is 5.02 Å². The van der Waals surface area contributed by atoms with Gasteiger partial charge in [0.05, 0.1) is 11.1 Å². The van der Waals surface area contributed by atoms with E-state index < -0.39 is 10.0 Å². The zero-order valence-corrected chi connectivity index (χ0v) is 14.0. The van der Waals surface area contributed by atoms with Gasteiger partial charge < -0.3 is 0 Å². The lowest BCUT2D eigenvalue weighted by molar-refractivity contribution is 0.597. The van der Waals surface area contributed by atoms with Crippen molar-refractivity contribution < 1.29 is 8.42 Å². The zero-order valence-electron chi connectivity index (χ0n) is 12.4. The molecule has 4 rings (SSSR count). The quantitative estimate of drug-likeness (QED) is 0.836. The summed E-state index contributed by atoms with van der Waals surface area (Å²) >= 11 is 6.09. The van der Waals surface area contributed by atoms with Gasteiger partial charge in [-0.15, -0.1) is 0 Å². The van der Waals surface area contributed by atoms with Crippen LogP contribution < -0.4 is 4.31 Å². The Morgan fingerprint density at radius 1 is 1.04 bits per heavy atom. The second kappa shape index (κ2) is 5.11. The number of halogens is 1. The summed E-state index contributed by atoms with van der Waals surface area (Å²) in [6.45, 7) is 0.543. The normalized spacial score (nSPS) is 18.6. The predicted molar refractivity (Wildman–Crippen MR) is 94.1 cm³/mol. The first-order chi connectivity index (χ1) is 11.0. The Hall–Kier alpha value is -1.78. The molecule has 5 heteroatoms. The molecule has 2 aromatic rings. The van der Waals surface area contributed by atoms with Crippen molar-refractivity contribution in [2.45, 2.75) is 18.3 Å². The van der Waals surface area contributed by atoms with E-state index >= 15 is 0 Å². The number of hydrogen-bond acceptors (Lipinski definition) is 2. The van der Waals surface area contributed by atoms with Gasteiger partial charge in [-0.05, 0) is 42.2 Å². The fraction of sp³-hybridized carbons (Fsp3) is 0.222. The Bertz CT molecular complexity index is 901. The van der Waals surface area contributed by atoms with Crippen LogP contribution in [0.25, 0.3) is 6.08 Å². The summed E-state index contributed by atoms with van der Waals surface area (Å²) in [7, 11) is -3.53. The molecule has 0 amide bonds. The highest BCUT2D eigenvalue weighted by molar-refractivity contribution is 7.95. The molecular formula is C18H16ClNO2S. The molecule has 0 atom stereocenters. The average Bonchev–Trinajstić information content (AvgIpc) is 3.24. The molecular weight excluding hydrogens is 330 g/mol. The Morgan fingerprint density at radius 2 is 1.74 bits per heavy atom. The fourth-order valence-electron chi connectivity index (χ4n) is 3.23. The molecule has 1 heterocycles. The SMILES string of the molecule is O=S(=O)(/C=C/c1ccccc1Cl)N1CC2(CC2)c2ccccc21. The molecule has 0 N–H and O–H groups in total. The molecule has 0 radical (unpaired) electrons. The van der Waals surface area contributed by atoms with E-state index in [-0.39, 0.29) is 5.41 Å². The maximum absolute atomic E-state index is 12.8. The van der Waals surface area contributed by atoms with E-state index in [1.807, 2.05) is 30.3 Å². The number of nitrogens with zero attached hydrogens (tertiary/aromatic N) is 1. The summed E-state index contributed by atoms with van der Waals surface area (Å²) in [5.41, 5.74) is 2.72. The Balaban J connectivity index is 1.69. The van der Waals surface area contributed by atoms with Gasteiger partial charge in [-0.1, -0.05) is 48.0 Å². The predicted octanol–water partition coefficient (Wildman–Crippen LogP) is 4.19. The van der Waals surface area contributed by atoms with E-state index in [1.165, 1.54) is 9.71 Å². The van der Waals surface area contributed by atoms with Gasteiger partial charge in [0.15, 0.2) is 0 Å². The molecule has 2 aromatic carbocycles. The number of anilines is 1. The molecule has 3 nitrogen and oxygen atoms in total. The number of para-hydroxylation sites is 1. The van der Waals surface area contributed by atoms with Crippen LogP contribution >= 0.6 is 11.6 Å². The lowest BCUT2D eigenvalue weighted by atomic mass is 9.99. The Kier molecular flexibility index (Phi) is 3.29. The first-order valence-corrected chi connectivity index (χ1v) is 9.45. The number of hydrogen-bond donors (Lipinski definition) is 0. The average molecular weight is 346 g/mol. The smallest absolute Gasteiger partial charge is 0.257 e. The van der Waals surface area contributed by atoms with E-state index in [4.69, 9.17) is 11.6 Å². The maximum Gasteiger partial charge on any atom is 0.257 e. The van der Waals surface area contributed by atoms with Gasteiger partial charge >= 0.3 is 0 Å². The fourth-order valence-corrected chi connectivity index (χ4v) is 4.76. The van der Waals surface area contributed by atoms with E-state index in [9.17, 15) is 8.42 Å². The molecule has 1 saturated carbocycles. The minimum atomic E-state index is -3.53. The van der Waals surface area contributed by atoms with Crippen molar-refractivity contribution in [3.63, 3.8) is 0 Å². The highest BCUT2D eigenvalue weighted by atomic mass is 35.5. The summed E-state index contributed by atoms with van der Waals surface area (Å²) in [6.07, 6.45) is 3.69. The van der Waals surface area contributed by atoms with E-state index in [1.54, 1.807) is 18.2 Å². The summed E-state index contributed by atoms with van der Waals surface area (Å²) in [6, 6.07) is 15.0. The topological polar surface area (TPSA) is 37.4 Å². The monoisotopic (exact) mass is 345 g/mol. The van der Waals surface area contributed by atoms with Gasteiger partial charge in [-0.25, -0.2) is 8.42 Å². The molecule has 1 aliphatic heterocycles. The number of rotatable bonds is 3. The molecule has 0 unspecified atom stereocenters. The molecule has 0 aromatic heterocycles. The highest BCUT2D eigenvalue weighted by Crippen LogP contribution is 2.57. The summed E-state index contributed by atoms with van der Waals surface area (Å²) in [5.74, 6) is 0. The molecule has 0 bridgehead atoms. The molecule has 1 fully saturated rings. The van der Waals surface area contributed by atoms with Crippen LogP contribution in [-0.4, -0.2) is 15.0 Å². The van der Waals surface area contributed by atoms with Crippen molar-refractivity contribution in [3.8, 4) is 0 Å². The molecule has 23 heavy (non-hydrogen) atoms. The van der Waals surface area contributed by atoms with Gasteiger partial charge in [0.1, 0.15) is 0 Å². The van der Waals surface area contributed by atoms with Crippen LogP contribution in [0.4, 0.5) is 5.69 Å². The van der Waals surface area contributed by atoms with Crippen LogP contribution in [0, 0.1) is 0 Å². The van der Waals surface area contributed by atoms with E-state index in [0.29, 0.717) is 17.1 Å². The van der Waals surface area contributed by atoms with E-state index in [2.05, 4.69) is 6.07 Å². The zero-order chi connectivity index (χ0) is 16.1. The van der Waals surface area contributed by atoms with Gasteiger partial charge in [0.2, 0.25) is 0 Å². The number of sulfonamides is 1. The van der Waals surface area contributed by atoms with Crippen molar-refractivity contribution >= 4 is 33.4 Å². The van der Waals surface area contributed by atoms with Crippen LogP contribution in [0.1, 0.15) is 24.0 Å². The van der Waals surface area contributed by atoms with Gasteiger partial charge in [0, 0.05) is 17.0 Å². The molecule has 118 valence electrons. The second-order valence-electron chi connectivity index (χ2n) is 6.17. The molecule has 1 spiro atoms. The van der Waals surface area contributed by atoms with Crippen LogP contribution in [0.5, 0.6) is 0 Å². The molecule has 0 saturated heterocycles. The highest BCUT2D eigenvalue weighted by Gasteiger charge is 2.53. The van der Waals surface area contributed by atoms with E-state index in [0.717, 1.165) is 24.1 Å². The Labute approximate surface area is 141 Å². The summed E-state index contributed by atoms with van der Waals surface area (Å²) < 4.78 is 27.1. The molecule has 1 aliphatic carbocycles. The van der Waals surface area contributed by atoms with Crippen molar-refractivity contribution in [1.29, 1.82) is 0 Å². The van der Waals surface area contributed by atoms with Crippen LogP contribution in [-0.2, 0) is 15.4 Å². The second-order valence-corrected chi connectivity index (χ2v) is 8.32. The minimum Gasteiger partial charge on any atom is -0.266 e. The largest absolute Gasteiger partial charge is 0.266 e. The third kappa shape index (κ3) is 2.46. The standard InChI is InChI=1S/C18H16ClNO2S/c19-16-7-3-1-5-14(16)9-12-23(21,22)20-13-18(10-11-18)15-6-2-4-8-17(15)20/h1-9,12H,10-11,13H2/b12-9+. The number of benzene rings is 2. The van der Waals surface area contributed by atoms with Gasteiger partial charge in [0.25, 0.3) is 10.0 Å². The van der Waals surface area contributed by atoms with Crippen molar-refractivity contribution in [2.75, 3.05) is 10.8 Å². The first-order valence-electron chi connectivity index (χ1n) is 7.57.